The number of ether oxygens (including phenoxy) is 2. The minimum Gasteiger partial charge on any atom is -0.493 e. The number of piperidine rings is 1. The molecule has 1 fully saturated rings. The van der Waals surface area contributed by atoms with E-state index >= 15 is 0 Å². The number of benzene rings is 1. The summed E-state index contributed by atoms with van der Waals surface area (Å²) in [5.41, 5.74) is 1.93. The number of likely N-dealkylation sites (tertiary alicyclic amines) is 1. The average Bonchev–Trinajstić information content (AvgIpc) is 3.03. The quantitative estimate of drug-likeness (QED) is 0.719. The molecule has 0 aliphatic carbocycles. The molecule has 1 aromatic carbocycles. The Kier molecular flexibility index (Phi) is 5.00. The maximum absolute atomic E-state index is 12.4. The van der Waals surface area contributed by atoms with Gasteiger partial charge in [-0.15, -0.1) is 0 Å². The molecule has 27 heavy (non-hydrogen) atoms. The van der Waals surface area contributed by atoms with E-state index in [0.29, 0.717) is 4.91 Å². The monoisotopic (exact) mass is 384 g/mol. The van der Waals surface area contributed by atoms with Gasteiger partial charge in [0, 0.05) is 18.7 Å². The van der Waals surface area contributed by atoms with Crippen LogP contribution in [0.15, 0.2) is 39.7 Å². The second-order valence-electron chi connectivity index (χ2n) is 7.26. The number of amidine groups is 1. The average molecular weight is 385 g/mol. The molecule has 3 heterocycles. The van der Waals surface area contributed by atoms with Crippen molar-refractivity contribution in [2.75, 3.05) is 20.2 Å². The van der Waals surface area contributed by atoms with Crippen molar-refractivity contribution in [3.8, 4) is 11.5 Å². The van der Waals surface area contributed by atoms with Crippen LogP contribution in [0.3, 0.4) is 0 Å². The predicted octanol–water partition coefficient (Wildman–Crippen LogP) is 4.10. The fraction of sp³-hybridized carbons (Fsp3) is 0.429. The summed E-state index contributed by atoms with van der Waals surface area (Å²) < 4.78 is 11.4. The largest absolute Gasteiger partial charge is 0.493 e. The second kappa shape index (κ2) is 7.43. The molecule has 0 aromatic heterocycles. The standard InChI is InChI=1S/C21H24N2O3S/c1-13-7-9-23(10-8-13)21-22-20(24)18(27-21)12-16-11-15-5-4-6-17(25-3)19(15)26-14(16)2/h4-6,11-14H,7-10H2,1-3H3/b18-12-. The Morgan fingerprint density at radius 3 is 2.81 bits per heavy atom. The Hall–Kier alpha value is -2.21. The lowest BCUT2D eigenvalue weighted by Gasteiger charge is -2.30. The maximum atomic E-state index is 12.4. The highest BCUT2D eigenvalue weighted by molar-refractivity contribution is 8.18. The molecule has 0 N–H and O–H groups in total. The van der Waals surface area contributed by atoms with E-state index in [2.05, 4.69) is 22.9 Å². The molecular formula is C21H24N2O3S. The molecule has 6 heteroatoms. The Morgan fingerprint density at radius 2 is 2.07 bits per heavy atom. The van der Waals surface area contributed by atoms with Crippen molar-refractivity contribution < 1.29 is 14.3 Å². The van der Waals surface area contributed by atoms with Crippen LogP contribution in [-0.2, 0) is 4.79 Å². The number of methoxy groups -OCH3 is 1. The summed E-state index contributed by atoms with van der Waals surface area (Å²) in [6.07, 6.45) is 6.13. The van der Waals surface area contributed by atoms with Crippen molar-refractivity contribution >= 4 is 28.9 Å². The molecule has 3 aliphatic heterocycles. The minimum atomic E-state index is -0.158. The molecule has 0 saturated carbocycles. The molecule has 1 amide bonds. The van der Waals surface area contributed by atoms with Gasteiger partial charge in [-0.05, 0) is 61.2 Å². The van der Waals surface area contributed by atoms with Gasteiger partial charge in [0.05, 0.1) is 12.0 Å². The zero-order chi connectivity index (χ0) is 19.0. The second-order valence-corrected chi connectivity index (χ2v) is 8.27. The number of rotatable bonds is 2. The van der Waals surface area contributed by atoms with Crippen molar-refractivity contribution in [3.05, 3.63) is 40.3 Å². The first-order chi connectivity index (χ1) is 13.0. The third-order valence-corrected chi connectivity index (χ3v) is 6.32. The first-order valence-corrected chi connectivity index (χ1v) is 10.2. The molecule has 3 aliphatic rings. The number of para-hydroxylation sites is 1. The highest BCUT2D eigenvalue weighted by atomic mass is 32.2. The third-order valence-electron chi connectivity index (χ3n) is 5.28. The Labute approximate surface area is 164 Å². The van der Waals surface area contributed by atoms with Gasteiger partial charge in [-0.1, -0.05) is 19.1 Å². The number of hydrogen-bond donors (Lipinski definition) is 0. The summed E-state index contributed by atoms with van der Waals surface area (Å²) >= 11 is 1.48. The maximum Gasteiger partial charge on any atom is 0.286 e. The summed E-state index contributed by atoms with van der Waals surface area (Å²) in [6, 6.07) is 5.81. The van der Waals surface area contributed by atoms with E-state index < -0.39 is 0 Å². The first kappa shape index (κ1) is 18.2. The molecule has 1 unspecified atom stereocenters. The van der Waals surface area contributed by atoms with Crippen molar-refractivity contribution in [2.24, 2.45) is 10.9 Å². The zero-order valence-corrected chi connectivity index (χ0v) is 16.7. The van der Waals surface area contributed by atoms with Gasteiger partial charge >= 0.3 is 0 Å². The lowest BCUT2D eigenvalue weighted by atomic mass is 10.00. The number of fused-ring (bicyclic) bond motifs is 1. The predicted molar refractivity (Wildman–Crippen MR) is 109 cm³/mol. The van der Waals surface area contributed by atoms with Gasteiger partial charge in [0.25, 0.3) is 5.91 Å². The number of carbonyl (C=O) groups excluding carboxylic acids is 1. The van der Waals surface area contributed by atoms with Crippen LogP contribution in [0.2, 0.25) is 0 Å². The van der Waals surface area contributed by atoms with E-state index in [4.69, 9.17) is 9.47 Å². The van der Waals surface area contributed by atoms with Gasteiger partial charge in [0.1, 0.15) is 6.10 Å². The van der Waals surface area contributed by atoms with Crippen molar-refractivity contribution in [1.29, 1.82) is 0 Å². The molecule has 0 bridgehead atoms. The van der Waals surface area contributed by atoms with Crippen LogP contribution < -0.4 is 9.47 Å². The highest BCUT2D eigenvalue weighted by Gasteiger charge is 2.29. The molecule has 142 valence electrons. The molecule has 1 atom stereocenters. The fourth-order valence-corrected chi connectivity index (χ4v) is 4.48. The van der Waals surface area contributed by atoms with Crippen LogP contribution in [0.4, 0.5) is 0 Å². The van der Waals surface area contributed by atoms with Crippen LogP contribution in [0.5, 0.6) is 11.5 Å². The smallest absolute Gasteiger partial charge is 0.286 e. The van der Waals surface area contributed by atoms with Crippen LogP contribution in [-0.4, -0.2) is 42.3 Å². The van der Waals surface area contributed by atoms with E-state index in [9.17, 15) is 4.79 Å². The Morgan fingerprint density at radius 1 is 1.30 bits per heavy atom. The minimum absolute atomic E-state index is 0.154. The molecular weight excluding hydrogens is 360 g/mol. The molecule has 0 spiro atoms. The SMILES string of the molecule is COc1cccc2c1OC(C)C(/C=C1\SC(N3CCC(C)CC3)=NC1=O)=C2. The Balaban J connectivity index is 1.55. The first-order valence-electron chi connectivity index (χ1n) is 9.38. The van der Waals surface area contributed by atoms with E-state index in [0.717, 1.165) is 59.7 Å². The molecule has 4 rings (SSSR count). The topological polar surface area (TPSA) is 51.1 Å². The van der Waals surface area contributed by atoms with Crippen LogP contribution in [0.1, 0.15) is 32.3 Å². The van der Waals surface area contributed by atoms with E-state index in [-0.39, 0.29) is 12.0 Å². The molecule has 1 aromatic rings. The molecule has 5 nitrogen and oxygen atoms in total. The van der Waals surface area contributed by atoms with Crippen molar-refractivity contribution in [2.45, 2.75) is 32.8 Å². The summed E-state index contributed by atoms with van der Waals surface area (Å²) in [6.45, 7) is 6.21. The van der Waals surface area contributed by atoms with E-state index in [1.165, 1.54) is 11.8 Å². The number of amides is 1. The summed E-state index contributed by atoms with van der Waals surface area (Å²) in [4.78, 5) is 19.6. The third kappa shape index (κ3) is 3.63. The van der Waals surface area contributed by atoms with Crippen molar-refractivity contribution in [3.63, 3.8) is 0 Å². The summed E-state index contributed by atoms with van der Waals surface area (Å²) in [5, 5.41) is 0.838. The van der Waals surface area contributed by atoms with Gasteiger partial charge in [-0.25, -0.2) is 0 Å². The summed E-state index contributed by atoms with van der Waals surface area (Å²) in [5.74, 6) is 2.07. The van der Waals surface area contributed by atoms with Crippen molar-refractivity contribution in [1.82, 2.24) is 4.90 Å². The number of nitrogens with zero attached hydrogens (tertiary/aromatic N) is 2. The lowest BCUT2D eigenvalue weighted by molar-refractivity contribution is -0.113. The van der Waals surface area contributed by atoms with Gasteiger partial charge < -0.3 is 14.4 Å². The summed E-state index contributed by atoms with van der Waals surface area (Å²) in [7, 11) is 1.64. The highest BCUT2D eigenvalue weighted by Crippen LogP contribution is 2.39. The number of carbonyl (C=O) groups is 1. The number of thioether (sulfide) groups is 1. The van der Waals surface area contributed by atoms with Crippen LogP contribution in [0, 0.1) is 5.92 Å². The van der Waals surface area contributed by atoms with Gasteiger partial charge in [-0.2, -0.15) is 4.99 Å². The lowest BCUT2D eigenvalue weighted by Crippen LogP contribution is -2.35. The fourth-order valence-electron chi connectivity index (χ4n) is 3.52. The van der Waals surface area contributed by atoms with E-state index in [1.54, 1.807) is 7.11 Å². The van der Waals surface area contributed by atoms with E-state index in [1.807, 2.05) is 31.2 Å². The van der Waals surface area contributed by atoms with Crippen LogP contribution in [0.25, 0.3) is 6.08 Å². The number of aliphatic imine (C=N–C) groups is 1. The zero-order valence-electron chi connectivity index (χ0n) is 15.9. The van der Waals surface area contributed by atoms with Gasteiger partial charge in [0.15, 0.2) is 16.7 Å². The Bertz CT molecular complexity index is 851. The van der Waals surface area contributed by atoms with Crippen LogP contribution >= 0.6 is 11.8 Å². The number of hydrogen-bond acceptors (Lipinski definition) is 5. The van der Waals surface area contributed by atoms with Gasteiger partial charge in [-0.3, -0.25) is 4.79 Å². The van der Waals surface area contributed by atoms with Gasteiger partial charge in [0.2, 0.25) is 0 Å². The molecule has 1 saturated heterocycles. The molecule has 0 radical (unpaired) electrons. The normalized spacial score (nSPS) is 24.4.